The molecule has 1 atom stereocenters. The highest BCUT2D eigenvalue weighted by atomic mass is 19.1. The molecule has 0 aromatic heterocycles. The third-order valence-electron chi connectivity index (χ3n) is 4.06. The van der Waals surface area contributed by atoms with Crippen molar-refractivity contribution >= 4 is 5.91 Å². The second-order valence-corrected chi connectivity index (χ2v) is 5.51. The summed E-state index contributed by atoms with van der Waals surface area (Å²) in [5.41, 5.74) is -0.125. The van der Waals surface area contributed by atoms with E-state index in [2.05, 4.69) is 5.32 Å². The van der Waals surface area contributed by atoms with Crippen LogP contribution in [-0.2, 0) is 11.2 Å². The minimum absolute atomic E-state index is 0.125. The number of benzene rings is 1. The van der Waals surface area contributed by atoms with Crippen LogP contribution < -0.4 is 5.32 Å². The van der Waals surface area contributed by atoms with Crippen LogP contribution in [0.3, 0.4) is 0 Å². The van der Waals surface area contributed by atoms with E-state index in [1.54, 1.807) is 4.90 Å². The van der Waals surface area contributed by atoms with Crippen LogP contribution in [0.1, 0.15) is 31.2 Å². The number of carbonyl (C=O) groups excluding carboxylic acids is 1. The highest BCUT2D eigenvalue weighted by Gasteiger charge is 2.27. The summed E-state index contributed by atoms with van der Waals surface area (Å²) in [6, 6.07) is 3.88. The van der Waals surface area contributed by atoms with Gasteiger partial charge in [0.25, 0.3) is 0 Å². The van der Waals surface area contributed by atoms with Gasteiger partial charge in [-0.1, -0.05) is 6.07 Å². The van der Waals surface area contributed by atoms with Gasteiger partial charge in [0.05, 0.1) is 6.42 Å². The molecule has 1 aliphatic rings. The Kier molecular flexibility index (Phi) is 5.67. The van der Waals surface area contributed by atoms with Crippen molar-refractivity contribution in [3.05, 3.63) is 35.4 Å². The summed E-state index contributed by atoms with van der Waals surface area (Å²) in [5, 5.41) is 3.08. The highest BCUT2D eigenvalue weighted by Crippen LogP contribution is 2.22. The smallest absolute Gasteiger partial charge is 0.227 e. The fraction of sp³-hybridized carbons (Fsp3) is 0.562. The van der Waals surface area contributed by atoms with Gasteiger partial charge < -0.3 is 10.2 Å². The molecule has 1 unspecified atom stereocenters. The first kappa shape index (κ1) is 15.9. The van der Waals surface area contributed by atoms with Crippen molar-refractivity contribution in [2.24, 2.45) is 0 Å². The van der Waals surface area contributed by atoms with Gasteiger partial charge in [0.15, 0.2) is 0 Å². The molecular formula is C16H22F2N2O. The second kappa shape index (κ2) is 7.50. The van der Waals surface area contributed by atoms with Crippen LogP contribution in [0.5, 0.6) is 0 Å². The van der Waals surface area contributed by atoms with Crippen LogP contribution in [0.15, 0.2) is 18.2 Å². The van der Waals surface area contributed by atoms with Crippen LogP contribution in [0.4, 0.5) is 8.78 Å². The van der Waals surface area contributed by atoms with Gasteiger partial charge in [-0.2, -0.15) is 0 Å². The van der Waals surface area contributed by atoms with Gasteiger partial charge >= 0.3 is 0 Å². The van der Waals surface area contributed by atoms with Crippen LogP contribution in [0, 0.1) is 11.6 Å². The molecule has 1 N–H and O–H groups in total. The average Bonchev–Trinajstić information content (AvgIpc) is 2.49. The van der Waals surface area contributed by atoms with E-state index >= 15 is 0 Å². The molecule has 0 bridgehead atoms. The summed E-state index contributed by atoms with van der Waals surface area (Å²) in [6.45, 7) is 1.52. The van der Waals surface area contributed by atoms with Gasteiger partial charge in [-0.3, -0.25) is 4.79 Å². The number of nitrogens with zero attached hydrogens (tertiary/aromatic N) is 1. The largest absolute Gasteiger partial charge is 0.339 e. The Morgan fingerprint density at radius 3 is 2.71 bits per heavy atom. The first-order chi connectivity index (χ1) is 10.1. The fourth-order valence-electron chi connectivity index (χ4n) is 2.89. The molecule has 1 heterocycles. The van der Waals surface area contributed by atoms with E-state index in [1.807, 2.05) is 7.05 Å². The second-order valence-electron chi connectivity index (χ2n) is 5.51. The fourth-order valence-corrected chi connectivity index (χ4v) is 2.89. The van der Waals surface area contributed by atoms with Crippen LogP contribution in [-0.4, -0.2) is 37.0 Å². The summed E-state index contributed by atoms with van der Waals surface area (Å²) in [6.07, 6.45) is 3.71. The van der Waals surface area contributed by atoms with E-state index in [-0.39, 0.29) is 23.9 Å². The van der Waals surface area contributed by atoms with E-state index in [0.29, 0.717) is 6.54 Å². The first-order valence-corrected chi connectivity index (χ1v) is 7.50. The van der Waals surface area contributed by atoms with Gasteiger partial charge in [0.2, 0.25) is 5.91 Å². The number of halogens is 2. The Morgan fingerprint density at radius 1 is 1.33 bits per heavy atom. The van der Waals surface area contributed by atoms with Gasteiger partial charge in [-0.05, 0) is 51.4 Å². The molecule has 1 saturated heterocycles. The number of hydrogen-bond donors (Lipinski definition) is 1. The predicted octanol–water partition coefficient (Wildman–Crippen LogP) is 2.50. The van der Waals surface area contributed by atoms with E-state index < -0.39 is 11.6 Å². The van der Waals surface area contributed by atoms with E-state index in [0.717, 1.165) is 32.2 Å². The van der Waals surface area contributed by atoms with Crippen LogP contribution in [0.2, 0.25) is 0 Å². The molecule has 1 aliphatic heterocycles. The summed E-state index contributed by atoms with van der Waals surface area (Å²) in [7, 11) is 1.88. The Bertz CT molecular complexity index is 473. The van der Waals surface area contributed by atoms with Crippen molar-refractivity contribution in [1.82, 2.24) is 10.2 Å². The minimum atomic E-state index is -0.646. The van der Waals surface area contributed by atoms with Crippen molar-refractivity contribution in [1.29, 1.82) is 0 Å². The van der Waals surface area contributed by atoms with Crippen molar-refractivity contribution < 1.29 is 13.6 Å². The zero-order valence-corrected chi connectivity index (χ0v) is 12.4. The topological polar surface area (TPSA) is 32.3 Å². The van der Waals surface area contributed by atoms with Crippen molar-refractivity contribution in [3.8, 4) is 0 Å². The molecule has 1 amide bonds. The first-order valence-electron chi connectivity index (χ1n) is 7.50. The molecule has 2 rings (SSSR count). The van der Waals surface area contributed by atoms with Crippen molar-refractivity contribution in [3.63, 3.8) is 0 Å². The molecule has 1 fully saturated rings. The average molecular weight is 296 g/mol. The molecule has 116 valence electrons. The van der Waals surface area contributed by atoms with Crippen LogP contribution in [0.25, 0.3) is 0 Å². The molecule has 21 heavy (non-hydrogen) atoms. The Morgan fingerprint density at radius 2 is 2.05 bits per heavy atom. The minimum Gasteiger partial charge on any atom is -0.339 e. The maximum atomic E-state index is 13.7. The Labute approximate surface area is 124 Å². The Hall–Kier alpha value is -1.49. The number of piperidine rings is 1. The molecule has 0 radical (unpaired) electrons. The molecule has 0 aliphatic carbocycles. The van der Waals surface area contributed by atoms with E-state index in [9.17, 15) is 13.6 Å². The van der Waals surface area contributed by atoms with Gasteiger partial charge in [0.1, 0.15) is 11.6 Å². The molecular weight excluding hydrogens is 274 g/mol. The lowest BCUT2D eigenvalue weighted by atomic mass is 9.98. The molecule has 1 aromatic carbocycles. The van der Waals surface area contributed by atoms with Gasteiger partial charge in [-0.15, -0.1) is 0 Å². The lowest BCUT2D eigenvalue weighted by Crippen LogP contribution is -2.45. The number of rotatable bonds is 5. The van der Waals surface area contributed by atoms with Gasteiger partial charge in [0, 0.05) is 18.2 Å². The number of likely N-dealkylation sites (tertiary alicyclic amines) is 1. The predicted molar refractivity (Wildman–Crippen MR) is 78.0 cm³/mol. The number of amides is 1. The maximum absolute atomic E-state index is 13.7. The molecule has 0 saturated carbocycles. The Balaban J connectivity index is 2.07. The monoisotopic (exact) mass is 296 g/mol. The van der Waals surface area contributed by atoms with Crippen LogP contribution >= 0.6 is 0 Å². The highest BCUT2D eigenvalue weighted by molar-refractivity contribution is 5.79. The lowest BCUT2D eigenvalue weighted by molar-refractivity contribution is -0.134. The third kappa shape index (κ3) is 4.00. The number of hydrogen-bond acceptors (Lipinski definition) is 2. The molecule has 0 spiro atoms. The molecule has 1 aromatic rings. The van der Waals surface area contributed by atoms with E-state index in [1.165, 1.54) is 18.2 Å². The summed E-state index contributed by atoms with van der Waals surface area (Å²) >= 11 is 0. The van der Waals surface area contributed by atoms with Gasteiger partial charge in [-0.25, -0.2) is 8.78 Å². The zero-order chi connectivity index (χ0) is 15.2. The summed E-state index contributed by atoms with van der Waals surface area (Å²) in [4.78, 5) is 14.2. The zero-order valence-electron chi connectivity index (χ0n) is 12.4. The van der Waals surface area contributed by atoms with Crippen molar-refractivity contribution in [2.75, 3.05) is 20.1 Å². The quantitative estimate of drug-likeness (QED) is 0.905. The van der Waals surface area contributed by atoms with E-state index in [4.69, 9.17) is 0 Å². The third-order valence-corrected chi connectivity index (χ3v) is 4.06. The number of nitrogens with one attached hydrogen (secondary N) is 1. The summed E-state index contributed by atoms with van der Waals surface area (Å²) < 4.78 is 27.3. The molecule has 3 nitrogen and oxygen atoms in total. The molecule has 5 heteroatoms. The van der Waals surface area contributed by atoms with Crippen molar-refractivity contribution in [2.45, 2.75) is 38.1 Å². The summed E-state index contributed by atoms with van der Waals surface area (Å²) in [5.74, 6) is -1.47. The standard InChI is InChI=1S/C16H22F2N2O/c1-19-9-8-12-5-2-3-10-20(12)16(21)11-13-14(17)6-4-7-15(13)18/h4,6-7,12,19H,2-3,5,8-11H2,1H3. The lowest BCUT2D eigenvalue weighted by Gasteiger charge is -2.36. The SMILES string of the molecule is CNCCC1CCCCN1C(=O)Cc1c(F)cccc1F. The normalized spacial score (nSPS) is 18.8. The number of carbonyl (C=O) groups is 1. The maximum Gasteiger partial charge on any atom is 0.227 e.